The van der Waals surface area contributed by atoms with Crippen LogP contribution in [0.25, 0.3) is 0 Å². The summed E-state index contributed by atoms with van der Waals surface area (Å²) in [6, 6.07) is 6.10. The van der Waals surface area contributed by atoms with Gasteiger partial charge in [0.2, 0.25) is 0 Å². The Bertz CT molecular complexity index is 331. The van der Waals surface area contributed by atoms with E-state index in [4.69, 9.17) is 9.47 Å². The van der Waals surface area contributed by atoms with Gasteiger partial charge in [0.25, 0.3) is 0 Å². The molecule has 3 nitrogen and oxygen atoms in total. The maximum Gasteiger partial charge on any atom is 0.123 e. The van der Waals surface area contributed by atoms with Gasteiger partial charge >= 0.3 is 0 Å². The lowest BCUT2D eigenvalue weighted by atomic mass is 10.2. The third-order valence-electron chi connectivity index (χ3n) is 2.28. The molecule has 1 rings (SSSR count). The molecule has 1 aromatic carbocycles. The van der Waals surface area contributed by atoms with Crippen LogP contribution in [0.5, 0.6) is 5.75 Å². The first-order valence-electron chi connectivity index (χ1n) is 5.88. The zero-order chi connectivity index (χ0) is 12.5. The number of nitrogens with one attached hydrogen (secondary N) is 1. The Morgan fingerprint density at radius 3 is 2.82 bits per heavy atom. The predicted molar refractivity (Wildman–Crippen MR) is 73.5 cm³/mol. The Morgan fingerprint density at radius 1 is 1.29 bits per heavy atom. The summed E-state index contributed by atoms with van der Waals surface area (Å²) in [6.45, 7) is 5.22. The lowest BCUT2D eigenvalue weighted by molar-refractivity contribution is 0.199. The van der Waals surface area contributed by atoms with Gasteiger partial charge in [0.15, 0.2) is 0 Å². The zero-order valence-electron chi connectivity index (χ0n) is 10.5. The van der Waals surface area contributed by atoms with Crippen LogP contribution in [0.3, 0.4) is 0 Å². The van der Waals surface area contributed by atoms with Crippen molar-refractivity contribution in [1.82, 2.24) is 5.32 Å². The number of benzene rings is 1. The van der Waals surface area contributed by atoms with E-state index in [-0.39, 0.29) is 0 Å². The largest absolute Gasteiger partial charge is 0.493 e. The summed E-state index contributed by atoms with van der Waals surface area (Å²) in [6.07, 6.45) is 1.02. The second-order valence-electron chi connectivity index (χ2n) is 3.77. The average molecular weight is 302 g/mol. The van der Waals surface area contributed by atoms with E-state index in [0.717, 1.165) is 42.9 Å². The molecule has 0 fully saturated rings. The molecule has 0 aromatic heterocycles. The van der Waals surface area contributed by atoms with Crippen molar-refractivity contribution in [3.05, 3.63) is 28.2 Å². The van der Waals surface area contributed by atoms with Crippen molar-refractivity contribution in [1.29, 1.82) is 0 Å². The van der Waals surface area contributed by atoms with Crippen LogP contribution in [-0.2, 0) is 11.3 Å². The number of ether oxygens (including phenoxy) is 2. The van der Waals surface area contributed by atoms with Crippen LogP contribution in [0.15, 0.2) is 22.7 Å². The topological polar surface area (TPSA) is 30.5 Å². The summed E-state index contributed by atoms with van der Waals surface area (Å²) in [5.41, 5.74) is 1.17. The lowest BCUT2D eigenvalue weighted by Gasteiger charge is -2.12. The predicted octanol–water partition coefficient (Wildman–Crippen LogP) is 2.97. The number of rotatable bonds is 8. The van der Waals surface area contributed by atoms with Crippen LogP contribution in [0.2, 0.25) is 0 Å². The molecule has 0 unspecified atom stereocenters. The third kappa shape index (κ3) is 5.52. The van der Waals surface area contributed by atoms with Crippen molar-refractivity contribution < 1.29 is 9.47 Å². The molecule has 4 heteroatoms. The van der Waals surface area contributed by atoms with E-state index in [1.165, 1.54) is 5.56 Å². The molecule has 0 bridgehead atoms. The van der Waals surface area contributed by atoms with E-state index in [1.54, 1.807) is 7.11 Å². The summed E-state index contributed by atoms with van der Waals surface area (Å²) in [5.74, 6) is 0.958. The van der Waals surface area contributed by atoms with E-state index >= 15 is 0 Å². The monoisotopic (exact) mass is 301 g/mol. The minimum atomic E-state index is 0.721. The van der Waals surface area contributed by atoms with Gasteiger partial charge in [0.1, 0.15) is 5.75 Å². The highest BCUT2D eigenvalue weighted by atomic mass is 79.9. The van der Waals surface area contributed by atoms with Crippen LogP contribution in [-0.4, -0.2) is 26.9 Å². The maximum atomic E-state index is 5.71. The van der Waals surface area contributed by atoms with Gasteiger partial charge in [-0.05, 0) is 24.6 Å². The molecule has 0 aliphatic heterocycles. The average Bonchev–Trinajstić information content (AvgIpc) is 2.33. The maximum absolute atomic E-state index is 5.71. The van der Waals surface area contributed by atoms with Crippen LogP contribution in [0, 0.1) is 0 Å². The molecule has 1 N–H and O–H groups in total. The Morgan fingerprint density at radius 2 is 2.12 bits per heavy atom. The lowest BCUT2D eigenvalue weighted by Crippen LogP contribution is -2.19. The molecule has 0 aliphatic carbocycles. The Labute approximate surface area is 112 Å². The van der Waals surface area contributed by atoms with Gasteiger partial charge in [-0.1, -0.05) is 22.9 Å². The highest BCUT2D eigenvalue weighted by Crippen LogP contribution is 2.23. The summed E-state index contributed by atoms with van der Waals surface area (Å²) in [5, 5.41) is 3.32. The van der Waals surface area contributed by atoms with Crippen LogP contribution < -0.4 is 10.1 Å². The fourth-order valence-corrected chi connectivity index (χ4v) is 1.84. The molecule has 0 saturated heterocycles. The smallest absolute Gasteiger partial charge is 0.123 e. The first kappa shape index (κ1) is 14.5. The van der Waals surface area contributed by atoms with Crippen molar-refractivity contribution in [3.8, 4) is 5.75 Å². The minimum absolute atomic E-state index is 0.721. The highest BCUT2D eigenvalue weighted by molar-refractivity contribution is 9.10. The second kappa shape index (κ2) is 8.50. The third-order valence-corrected chi connectivity index (χ3v) is 2.78. The van der Waals surface area contributed by atoms with Crippen molar-refractivity contribution in [2.45, 2.75) is 19.9 Å². The van der Waals surface area contributed by atoms with Crippen LogP contribution in [0.4, 0.5) is 0 Å². The number of methoxy groups -OCH3 is 1. The summed E-state index contributed by atoms with van der Waals surface area (Å²) in [7, 11) is 1.70. The summed E-state index contributed by atoms with van der Waals surface area (Å²) in [4.78, 5) is 0. The van der Waals surface area contributed by atoms with E-state index in [9.17, 15) is 0 Å². The highest BCUT2D eigenvalue weighted by Gasteiger charge is 2.04. The van der Waals surface area contributed by atoms with Crippen molar-refractivity contribution in [3.63, 3.8) is 0 Å². The molecule has 1 aromatic rings. The SMILES string of the molecule is CCCOc1ccc(Br)cc1CNCCOC. The van der Waals surface area contributed by atoms with Gasteiger partial charge in [-0.15, -0.1) is 0 Å². The van der Waals surface area contributed by atoms with Crippen LogP contribution >= 0.6 is 15.9 Å². The fourth-order valence-electron chi connectivity index (χ4n) is 1.44. The first-order chi connectivity index (χ1) is 8.27. The molecule has 0 spiro atoms. The van der Waals surface area contributed by atoms with Gasteiger partial charge in [-0.3, -0.25) is 0 Å². The molecular formula is C13H20BrNO2. The molecule has 17 heavy (non-hydrogen) atoms. The Balaban J connectivity index is 2.56. The second-order valence-corrected chi connectivity index (χ2v) is 4.69. The van der Waals surface area contributed by atoms with E-state index < -0.39 is 0 Å². The molecule has 0 saturated carbocycles. The van der Waals surface area contributed by atoms with Crippen molar-refractivity contribution in [2.75, 3.05) is 26.9 Å². The zero-order valence-corrected chi connectivity index (χ0v) is 12.0. The van der Waals surface area contributed by atoms with Crippen molar-refractivity contribution in [2.24, 2.45) is 0 Å². The summed E-state index contributed by atoms with van der Waals surface area (Å²) >= 11 is 3.48. The van der Waals surface area contributed by atoms with E-state index in [0.29, 0.717) is 0 Å². The van der Waals surface area contributed by atoms with E-state index in [1.807, 2.05) is 12.1 Å². The standard InChI is InChI=1S/C13H20BrNO2/c1-3-7-17-13-5-4-12(14)9-11(13)10-15-6-8-16-2/h4-5,9,15H,3,6-8,10H2,1-2H3. The number of hydrogen-bond donors (Lipinski definition) is 1. The molecular weight excluding hydrogens is 282 g/mol. The number of halogens is 1. The Kier molecular flexibility index (Phi) is 7.24. The fraction of sp³-hybridized carbons (Fsp3) is 0.538. The van der Waals surface area contributed by atoms with Crippen molar-refractivity contribution >= 4 is 15.9 Å². The number of hydrogen-bond acceptors (Lipinski definition) is 3. The van der Waals surface area contributed by atoms with E-state index in [2.05, 4.69) is 34.2 Å². The molecule has 0 atom stereocenters. The molecule has 96 valence electrons. The normalized spacial score (nSPS) is 10.5. The quantitative estimate of drug-likeness (QED) is 0.749. The van der Waals surface area contributed by atoms with Gasteiger partial charge < -0.3 is 14.8 Å². The Hall–Kier alpha value is -0.580. The molecule has 0 amide bonds. The molecule has 0 heterocycles. The van der Waals surface area contributed by atoms with Crippen LogP contribution in [0.1, 0.15) is 18.9 Å². The molecule has 0 aliphatic rings. The summed E-state index contributed by atoms with van der Waals surface area (Å²) < 4.78 is 11.8. The van der Waals surface area contributed by atoms with Gasteiger partial charge in [-0.2, -0.15) is 0 Å². The van der Waals surface area contributed by atoms with Gasteiger partial charge in [-0.25, -0.2) is 0 Å². The minimum Gasteiger partial charge on any atom is -0.493 e. The first-order valence-corrected chi connectivity index (χ1v) is 6.68. The van der Waals surface area contributed by atoms with Gasteiger partial charge in [0.05, 0.1) is 13.2 Å². The molecule has 0 radical (unpaired) electrons. The van der Waals surface area contributed by atoms with Gasteiger partial charge in [0, 0.05) is 30.2 Å².